The van der Waals surface area contributed by atoms with Crippen LogP contribution in [0.3, 0.4) is 0 Å². The first-order chi connectivity index (χ1) is 5.65. The average molecular weight is 225 g/mol. The molecule has 0 aliphatic carbocycles. The lowest BCUT2D eigenvalue weighted by Crippen LogP contribution is -1.94. The summed E-state index contributed by atoms with van der Waals surface area (Å²) in [4.78, 5) is 3.93. The van der Waals surface area contributed by atoms with Gasteiger partial charge < -0.3 is 0 Å². The summed E-state index contributed by atoms with van der Waals surface area (Å²) in [6, 6.07) is 1.79. The minimum Gasteiger partial charge on any atom is -0.224 e. The van der Waals surface area contributed by atoms with Gasteiger partial charge in [-0.25, -0.2) is 4.98 Å². The van der Waals surface area contributed by atoms with Crippen LogP contribution in [0.25, 0.3) is 0 Å². The van der Waals surface area contributed by atoms with Gasteiger partial charge in [0.25, 0.3) is 0 Å². The Morgan fingerprint density at radius 2 is 2.08 bits per heavy atom. The van der Waals surface area contributed by atoms with E-state index in [1.54, 1.807) is 6.07 Å². The lowest BCUT2D eigenvalue weighted by molar-refractivity contribution is 1.08. The van der Waals surface area contributed by atoms with Gasteiger partial charge in [0.15, 0.2) is 0 Å². The van der Waals surface area contributed by atoms with Crippen LogP contribution < -0.4 is 0 Å². The average Bonchev–Trinajstić information content (AvgIpc) is 1.96. The van der Waals surface area contributed by atoms with E-state index < -0.39 is 0 Å². The molecule has 0 N–H and O–H groups in total. The number of hydrogen-bond acceptors (Lipinski definition) is 1. The molecule has 1 nitrogen and oxygen atoms in total. The summed E-state index contributed by atoms with van der Waals surface area (Å²) in [7, 11) is 0. The Kier molecular flexibility index (Phi) is 3.63. The van der Waals surface area contributed by atoms with Gasteiger partial charge in [-0.2, -0.15) is 0 Å². The molecule has 1 rings (SSSR count). The maximum atomic E-state index is 5.86. The third-order valence-electron chi connectivity index (χ3n) is 1.61. The molecule has 4 heteroatoms. The normalized spacial score (nSPS) is 10.3. The van der Waals surface area contributed by atoms with Gasteiger partial charge in [0.05, 0.1) is 0 Å². The van der Waals surface area contributed by atoms with E-state index in [1.165, 1.54) is 0 Å². The number of aromatic nitrogens is 1. The summed E-state index contributed by atoms with van der Waals surface area (Å²) >= 11 is 17.2. The summed E-state index contributed by atoms with van der Waals surface area (Å²) in [5, 5.41) is 0.886. The fraction of sp³-hybridized carbons (Fsp3) is 0.375. The van der Waals surface area contributed by atoms with Crippen LogP contribution in [0.15, 0.2) is 6.07 Å². The second-order valence-corrected chi connectivity index (χ2v) is 3.59. The molecule has 0 radical (unpaired) electrons. The Bertz CT molecular complexity index is 263. The summed E-state index contributed by atoms with van der Waals surface area (Å²) in [6.07, 6.45) is 0.733. The maximum Gasteiger partial charge on any atom is 0.134 e. The SMILES string of the molecule is Cc1cc(Cl)nc(Cl)c1CCCl. The number of rotatable bonds is 2. The van der Waals surface area contributed by atoms with Gasteiger partial charge >= 0.3 is 0 Å². The van der Waals surface area contributed by atoms with Gasteiger partial charge in [0.1, 0.15) is 10.3 Å². The molecule has 0 fully saturated rings. The predicted octanol–water partition coefficient (Wildman–Crippen LogP) is 3.48. The zero-order valence-corrected chi connectivity index (χ0v) is 8.84. The van der Waals surface area contributed by atoms with Crippen LogP contribution in [-0.2, 0) is 6.42 Å². The number of alkyl halides is 1. The Balaban J connectivity index is 3.10. The third-order valence-corrected chi connectivity index (χ3v) is 2.31. The van der Waals surface area contributed by atoms with Gasteiger partial charge in [0.2, 0.25) is 0 Å². The van der Waals surface area contributed by atoms with E-state index in [9.17, 15) is 0 Å². The van der Waals surface area contributed by atoms with Gasteiger partial charge in [0, 0.05) is 5.88 Å². The Morgan fingerprint density at radius 3 is 2.58 bits per heavy atom. The summed E-state index contributed by atoms with van der Waals surface area (Å²) in [5.41, 5.74) is 2.02. The molecule has 0 bridgehead atoms. The van der Waals surface area contributed by atoms with Crippen LogP contribution in [-0.4, -0.2) is 10.9 Å². The molecule has 1 heterocycles. The van der Waals surface area contributed by atoms with Crippen molar-refractivity contribution in [2.45, 2.75) is 13.3 Å². The molecule has 0 saturated heterocycles. The highest BCUT2D eigenvalue weighted by molar-refractivity contribution is 6.33. The van der Waals surface area contributed by atoms with E-state index in [1.807, 2.05) is 6.92 Å². The van der Waals surface area contributed by atoms with Crippen molar-refractivity contribution in [2.24, 2.45) is 0 Å². The summed E-state index contributed by atoms with van der Waals surface area (Å²) in [6.45, 7) is 1.95. The van der Waals surface area contributed by atoms with Crippen molar-refractivity contribution >= 4 is 34.8 Å². The summed E-state index contributed by atoms with van der Waals surface area (Å²) < 4.78 is 0. The van der Waals surface area contributed by atoms with Gasteiger partial charge in [-0.3, -0.25) is 0 Å². The topological polar surface area (TPSA) is 12.9 Å². The van der Waals surface area contributed by atoms with Crippen LogP contribution in [0, 0.1) is 6.92 Å². The Labute approximate surface area is 86.7 Å². The van der Waals surface area contributed by atoms with Crippen LogP contribution in [0.1, 0.15) is 11.1 Å². The molecule has 12 heavy (non-hydrogen) atoms. The minimum atomic E-state index is 0.427. The number of halogens is 3. The van der Waals surface area contributed by atoms with Crippen molar-refractivity contribution in [3.8, 4) is 0 Å². The van der Waals surface area contributed by atoms with Crippen LogP contribution >= 0.6 is 34.8 Å². The fourth-order valence-corrected chi connectivity index (χ4v) is 1.83. The molecule has 1 aromatic heterocycles. The van der Waals surface area contributed by atoms with Crippen molar-refractivity contribution in [2.75, 3.05) is 5.88 Å². The summed E-state index contributed by atoms with van der Waals surface area (Å²) in [5.74, 6) is 0.546. The largest absolute Gasteiger partial charge is 0.224 e. The van der Waals surface area contributed by atoms with E-state index >= 15 is 0 Å². The molecule has 0 aromatic carbocycles. The molecule has 0 amide bonds. The molecule has 0 spiro atoms. The number of pyridine rings is 1. The van der Waals surface area contributed by atoms with Crippen molar-refractivity contribution in [3.63, 3.8) is 0 Å². The van der Waals surface area contributed by atoms with Crippen LogP contribution in [0.5, 0.6) is 0 Å². The second kappa shape index (κ2) is 4.31. The predicted molar refractivity (Wildman–Crippen MR) is 53.4 cm³/mol. The highest BCUT2D eigenvalue weighted by atomic mass is 35.5. The number of hydrogen-bond donors (Lipinski definition) is 0. The van der Waals surface area contributed by atoms with E-state index in [-0.39, 0.29) is 0 Å². The molecule has 66 valence electrons. The quantitative estimate of drug-likeness (QED) is 0.554. The molecule has 0 unspecified atom stereocenters. The van der Waals surface area contributed by atoms with Crippen molar-refractivity contribution < 1.29 is 0 Å². The first kappa shape index (κ1) is 10.1. The van der Waals surface area contributed by atoms with Gasteiger partial charge in [-0.1, -0.05) is 23.2 Å². The van der Waals surface area contributed by atoms with E-state index in [0.717, 1.165) is 17.5 Å². The molecule has 0 atom stereocenters. The number of nitrogens with zero attached hydrogens (tertiary/aromatic N) is 1. The van der Waals surface area contributed by atoms with Crippen molar-refractivity contribution in [3.05, 3.63) is 27.5 Å². The first-order valence-corrected chi connectivity index (χ1v) is 4.81. The van der Waals surface area contributed by atoms with Gasteiger partial charge in [-0.15, -0.1) is 11.6 Å². The Morgan fingerprint density at radius 1 is 1.42 bits per heavy atom. The van der Waals surface area contributed by atoms with E-state index in [2.05, 4.69) is 4.98 Å². The van der Waals surface area contributed by atoms with Crippen LogP contribution in [0.2, 0.25) is 10.3 Å². The minimum absolute atomic E-state index is 0.427. The zero-order valence-electron chi connectivity index (χ0n) is 6.57. The zero-order chi connectivity index (χ0) is 9.14. The van der Waals surface area contributed by atoms with Gasteiger partial charge in [-0.05, 0) is 30.5 Å². The molecule has 0 aliphatic rings. The first-order valence-electron chi connectivity index (χ1n) is 3.52. The number of aryl methyl sites for hydroxylation is 1. The monoisotopic (exact) mass is 223 g/mol. The molecule has 1 aromatic rings. The Hall–Kier alpha value is 0.0200. The smallest absolute Gasteiger partial charge is 0.134 e. The highest BCUT2D eigenvalue weighted by Crippen LogP contribution is 2.21. The second-order valence-electron chi connectivity index (χ2n) is 2.47. The van der Waals surface area contributed by atoms with E-state index in [0.29, 0.717) is 16.2 Å². The lowest BCUT2D eigenvalue weighted by Gasteiger charge is -2.05. The lowest BCUT2D eigenvalue weighted by atomic mass is 10.1. The third kappa shape index (κ3) is 2.25. The van der Waals surface area contributed by atoms with E-state index in [4.69, 9.17) is 34.8 Å². The van der Waals surface area contributed by atoms with Crippen LogP contribution in [0.4, 0.5) is 0 Å². The standard InChI is InChI=1S/C8H8Cl3N/c1-5-4-7(10)12-8(11)6(5)2-3-9/h4H,2-3H2,1H3. The maximum absolute atomic E-state index is 5.86. The highest BCUT2D eigenvalue weighted by Gasteiger charge is 2.06. The fourth-order valence-electron chi connectivity index (χ4n) is 1.02. The van der Waals surface area contributed by atoms with Crippen molar-refractivity contribution in [1.82, 2.24) is 4.98 Å². The molecule has 0 saturated carbocycles. The molecule has 0 aliphatic heterocycles. The van der Waals surface area contributed by atoms with Crippen molar-refractivity contribution in [1.29, 1.82) is 0 Å². The molecular weight excluding hydrogens is 216 g/mol. The molecular formula is C8H8Cl3N.